The second kappa shape index (κ2) is 7.75. The molecule has 10 heteroatoms. The van der Waals surface area contributed by atoms with Gasteiger partial charge in [-0.25, -0.2) is 4.79 Å². The van der Waals surface area contributed by atoms with Gasteiger partial charge < -0.3 is 20.3 Å². The third-order valence-corrected chi connectivity index (χ3v) is 5.85. The van der Waals surface area contributed by atoms with Crippen LogP contribution in [0.2, 0.25) is 0 Å². The van der Waals surface area contributed by atoms with E-state index in [-0.39, 0.29) is 29.4 Å². The summed E-state index contributed by atoms with van der Waals surface area (Å²) in [7, 11) is 3.31. The molecule has 2 fully saturated rings. The lowest BCUT2D eigenvalue weighted by Crippen LogP contribution is -2.36. The molecule has 0 radical (unpaired) electrons. The van der Waals surface area contributed by atoms with Gasteiger partial charge in [0.1, 0.15) is 5.69 Å². The average molecular weight is 415 g/mol. The molecular weight excluding hydrogens is 386 g/mol. The van der Waals surface area contributed by atoms with Crippen molar-refractivity contribution in [3.8, 4) is 0 Å². The van der Waals surface area contributed by atoms with E-state index in [0.29, 0.717) is 23.8 Å². The van der Waals surface area contributed by atoms with Crippen LogP contribution in [0.1, 0.15) is 60.9 Å². The summed E-state index contributed by atoms with van der Waals surface area (Å²) in [4.78, 5) is 26.8. The molecule has 3 heterocycles. The summed E-state index contributed by atoms with van der Waals surface area (Å²) in [6.45, 7) is 5.16. The number of aromatic amines is 1. The molecule has 0 unspecified atom stereocenters. The summed E-state index contributed by atoms with van der Waals surface area (Å²) in [6, 6.07) is 3.83. The van der Waals surface area contributed by atoms with Gasteiger partial charge in [-0.3, -0.25) is 14.6 Å². The second-order valence-corrected chi connectivity index (χ2v) is 8.85. The van der Waals surface area contributed by atoms with Gasteiger partial charge in [0, 0.05) is 44.4 Å². The zero-order chi connectivity index (χ0) is 21.5. The second-order valence-electron chi connectivity index (χ2n) is 8.85. The quantitative estimate of drug-likeness (QED) is 0.667. The molecule has 4 rings (SSSR count). The van der Waals surface area contributed by atoms with E-state index in [1.165, 1.54) is 4.68 Å². The van der Waals surface area contributed by atoms with E-state index in [1.807, 2.05) is 24.8 Å². The maximum atomic E-state index is 12.6. The minimum absolute atomic E-state index is 0.0206. The lowest BCUT2D eigenvalue weighted by molar-refractivity contribution is 0.101. The van der Waals surface area contributed by atoms with E-state index in [1.54, 1.807) is 20.2 Å². The van der Waals surface area contributed by atoms with Crippen molar-refractivity contribution < 1.29 is 14.3 Å². The van der Waals surface area contributed by atoms with Crippen LogP contribution in [0.15, 0.2) is 12.1 Å². The van der Waals surface area contributed by atoms with Crippen LogP contribution in [0.25, 0.3) is 0 Å². The molecule has 30 heavy (non-hydrogen) atoms. The Hall–Kier alpha value is -2.88. The number of anilines is 1. The Morgan fingerprint density at radius 1 is 1.37 bits per heavy atom. The van der Waals surface area contributed by atoms with Gasteiger partial charge in [-0.05, 0) is 39.2 Å². The standard InChI is InChI=1S/C20H29N7O3/c1-20(2)11-27(19(29)22-20)14-6-5-12(7-14)15-9-17(24-23-15)21-18(28)16-8-13(10-30-4)25-26(16)3/h8-9,12,14H,5-7,10-11H2,1-4H3,(H,22,29)(H2,21,23,24,28)/t12-,14+/m0/s1. The minimum Gasteiger partial charge on any atom is -0.378 e. The lowest BCUT2D eigenvalue weighted by Gasteiger charge is -2.24. The van der Waals surface area contributed by atoms with E-state index in [4.69, 9.17) is 4.74 Å². The van der Waals surface area contributed by atoms with Crippen molar-refractivity contribution >= 4 is 17.8 Å². The summed E-state index contributed by atoms with van der Waals surface area (Å²) in [6.07, 6.45) is 2.83. The Morgan fingerprint density at radius 2 is 2.17 bits per heavy atom. The Kier molecular flexibility index (Phi) is 5.27. The van der Waals surface area contributed by atoms with E-state index in [9.17, 15) is 9.59 Å². The van der Waals surface area contributed by atoms with Gasteiger partial charge in [0.05, 0.1) is 17.8 Å². The van der Waals surface area contributed by atoms with Crippen LogP contribution in [0.4, 0.5) is 10.6 Å². The number of nitrogens with zero attached hydrogens (tertiary/aromatic N) is 4. The predicted molar refractivity (Wildman–Crippen MR) is 110 cm³/mol. The highest BCUT2D eigenvalue weighted by molar-refractivity contribution is 6.02. The van der Waals surface area contributed by atoms with Gasteiger partial charge >= 0.3 is 6.03 Å². The van der Waals surface area contributed by atoms with Crippen molar-refractivity contribution in [1.29, 1.82) is 0 Å². The first-order valence-electron chi connectivity index (χ1n) is 10.2. The molecule has 3 amide bonds. The summed E-state index contributed by atoms with van der Waals surface area (Å²) in [5, 5.41) is 17.4. The van der Waals surface area contributed by atoms with Crippen molar-refractivity contribution in [3.05, 3.63) is 29.2 Å². The smallest absolute Gasteiger partial charge is 0.318 e. The molecule has 1 saturated heterocycles. The molecule has 2 aliphatic rings. The molecule has 2 aromatic heterocycles. The van der Waals surface area contributed by atoms with Crippen LogP contribution in [0.3, 0.4) is 0 Å². The highest BCUT2D eigenvalue weighted by Gasteiger charge is 2.41. The van der Waals surface area contributed by atoms with Gasteiger partial charge in [0.25, 0.3) is 5.91 Å². The molecule has 0 bridgehead atoms. The Labute approximate surface area is 175 Å². The van der Waals surface area contributed by atoms with Crippen LogP contribution in [0, 0.1) is 0 Å². The number of hydrogen-bond acceptors (Lipinski definition) is 5. The number of aryl methyl sites for hydroxylation is 1. The Balaban J connectivity index is 1.38. The summed E-state index contributed by atoms with van der Waals surface area (Å²) in [5.41, 5.74) is 1.93. The zero-order valence-corrected chi connectivity index (χ0v) is 17.9. The summed E-state index contributed by atoms with van der Waals surface area (Å²) in [5.74, 6) is 0.494. The molecule has 1 aliphatic carbocycles. The number of rotatable bonds is 6. The number of nitrogens with one attached hydrogen (secondary N) is 3. The van der Waals surface area contributed by atoms with Gasteiger partial charge in [-0.15, -0.1) is 0 Å². The number of urea groups is 1. The Morgan fingerprint density at radius 3 is 2.87 bits per heavy atom. The largest absolute Gasteiger partial charge is 0.378 e. The minimum atomic E-state index is -0.273. The number of aromatic nitrogens is 4. The third-order valence-electron chi connectivity index (χ3n) is 5.85. The molecule has 2 atom stereocenters. The van der Waals surface area contributed by atoms with Crippen LogP contribution in [-0.4, -0.2) is 62.1 Å². The molecule has 1 saturated carbocycles. The molecule has 0 spiro atoms. The molecule has 162 valence electrons. The number of methoxy groups -OCH3 is 1. The fourth-order valence-electron chi connectivity index (χ4n) is 4.46. The van der Waals surface area contributed by atoms with Crippen LogP contribution in [-0.2, 0) is 18.4 Å². The van der Waals surface area contributed by atoms with Crippen molar-refractivity contribution in [1.82, 2.24) is 30.2 Å². The van der Waals surface area contributed by atoms with Gasteiger partial charge in [0.2, 0.25) is 0 Å². The Bertz CT molecular complexity index is 948. The summed E-state index contributed by atoms with van der Waals surface area (Å²) < 4.78 is 6.59. The van der Waals surface area contributed by atoms with Gasteiger partial charge in [-0.2, -0.15) is 10.2 Å². The lowest BCUT2D eigenvalue weighted by atomic mass is 10.0. The monoisotopic (exact) mass is 415 g/mol. The molecule has 3 N–H and O–H groups in total. The molecule has 1 aliphatic heterocycles. The van der Waals surface area contributed by atoms with Crippen molar-refractivity contribution in [2.45, 2.75) is 57.2 Å². The van der Waals surface area contributed by atoms with Crippen LogP contribution >= 0.6 is 0 Å². The highest BCUT2D eigenvalue weighted by atomic mass is 16.5. The number of hydrogen-bond donors (Lipinski definition) is 3. The molecule has 10 nitrogen and oxygen atoms in total. The summed E-state index contributed by atoms with van der Waals surface area (Å²) >= 11 is 0. The first kappa shape index (κ1) is 20.4. The maximum absolute atomic E-state index is 12.6. The zero-order valence-electron chi connectivity index (χ0n) is 17.9. The SMILES string of the molecule is COCc1cc(C(=O)Nc2cc([C@H]3CC[C@@H](N4CC(C)(C)NC4=O)C3)[nH]n2)n(C)n1. The van der Waals surface area contributed by atoms with Crippen LogP contribution < -0.4 is 10.6 Å². The molecular formula is C20H29N7O3. The molecule has 0 aromatic carbocycles. The number of H-pyrrole nitrogens is 1. The van der Waals surface area contributed by atoms with Gasteiger partial charge in [-0.1, -0.05) is 0 Å². The van der Waals surface area contributed by atoms with Crippen molar-refractivity contribution in [3.63, 3.8) is 0 Å². The van der Waals surface area contributed by atoms with E-state index in [2.05, 4.69) is 25.9 Å². The van der Waals surface area contributed by atoms with Crippen LogP contribution in [0.5, 0.6) is 0 Å². The molecule has 2 aromatic rings. The first-order chi connectivity index (χ1) is 14.3. The van der Waals surface area contributed by atoms with Crippen molar-refractivity contribution in [2.75, 3.05) is 19.0 Å². The van der Waals surface area contributed by atoms with Gasteiger partial charge in [0.15, 0.2) is 5.82 Å². The third kappa shape index (κ3) is 4.04. The van der Waals surface area contributed by atoms with E-state index >= 15 is 0 Å². The fraction of sp³-hybridized carbons (Fsp3) is 0.600. The van der Waals surface area contributed by atoms with Crippen molar-refractivity contribution in [2.24, 2.45) is 7.05 Å². The number of carbonyl (C=O) groups is 2. The fourth-order valence-corrected chi connectivity index (χ4v) is 4.46. The maximum Gasteiger partial charge on any atom is 0.318 e. The number of amides is 3. The van der Waals surface area contributed by atoms with E-state index < -0.39 is 0 Å². The first-order valence-corrected chi connectivity index (χ1v) is 10.2. The van der Waals surface area contributed by atoms with E-state index in [0.717, 1.165) is 31.5 Å². The predicted octanol–water partition coefficient (Wildman–Crippen LogP) is 1.98. The number of ether oxygens (including phenoxy) is 1. The topological polar surface area (TPSA) is 117 Å². The average Bonchev–Trinajstić information content (AvgIpc) is 3.42. The highest BCUT2D eigenvalue weighted by Crippen LogP contribution is 2.38. The number of carbonyl (C=O) groups excluding carboxylic acids is 2. The normalized spacial score (nSPS) is 23.1.